The van der Waals surface area contributed by atoms with Crippen molar-refractivity contribution >= 4 is 17.3 Å². The van der Waals surface area contributed by atoms with Crippen LogP contribution in [0.4, 0.5) is 15.8 Å². The minimum absolute atomic E-state index is 0.0866. The molecule has 1 amide bonds. The van der Waals surface area contributed by atoms with Crippen LogP contribution in [0.3, 0.4) is 0 Å². The van der Waals surface area contributed by atoms with Crippen LogP contribution in [0.15, 0.2) is 12.1 Å². The zero-order chi connectivity index (χ0) is 13.9. The normalized spacial score (nSPS) is 11.1. The number of hydrogen-bond acceptors (Lipinski definition) is 4. The van der Waals surface area contributed by atoms with E-state index in [4.69, 9.17) is 16.2 Å². The van der Waals surface area contributed by atoms with Crippen molar-refractivity contribution in [3.8, 4) is 5.75 Å². The molecule has 0 atom stereocenters. The maximum absolute atomic E-state index is 13.3. The third kappa shape index (κ3) is 3.03. The number of amides is 1. The Morgan fingerprint density at radius 3 is 2.61 bits per heavy atom. The first-order valence-corrected chi connectivity index (χ1v) is 5.44. The van der Waals surface area contributed by atoms with Crippen LogP contribution in [0.25, 0.3) is 0 Å². The standard InChI is InChI=1S/C12H18FN3O2/c1-12(2,11(15)17)6-16-9-5-10(18-3)7(13)4-8(9)14/h4-5,16H,6,14H2,1-3H3,(H2,15,17). The summed E-state index contributed by atoms with van der Waals surface area (Å²) in [6.07, 6.45) is 0. The van der Waals surface area contributed by atoms with E-state index in [1.807, 2.05) is 0 Å². The van der Waals surface area contributed by atoms with Crippen molar-refractivity contribution in [2.75, 3.05) is 24.7 Å². The van der Waals surface area contributed by atoms with E-state index < -0.39 is 17.1 Å². The summed E-state index contributed by atoms with van der Waals surface area (Å²) < 4.78 is 18.2. The van der Waals surface area contributed by atoms with Gasteiger partial charge in [-0.25, -0.2) is 4.39 Å². The van der Waals surface area contributed by atoms with Crippen LogP contribution in [0.2, 0.25) is 0 Å². The van der Waals surface area contributed by atoms with E-state index in [0.717, 1.165) is 0 Å². The molecular weight excluding hydrogens is 237 g/mol. The molecule has 0 aromatic heterocycles. The van der Waals surface area contributed by atoms with Crippen molar-refractivity contribution < 1.29 is 13.9 Å². The molecule has 100 valence electrons. The minimum Gasteiger partial charge on any atom is -0.494 e. The number of primary amides is 1. The Bertz CT molecular complexity index is 461. The van der Waals surface area contributed by atoms with Crippen LogP contribution >= 0.6 is 0 Å². The molecule has 0 saturated carbocycles. The molecule has 6 heteroatoms. The molecular formula is C12H18FN3O2. The number of benzene rings is 1. The summed E-state index contributed by atoms with van der Waals surface area (Å²) in [4.78, 5) is 11.2. The number of nitrogen functional groups attached to an aromatic ring is 1. The Morgan fingerprint density at radius 1 is 1.50 bits per heavy atom. The van der Waals surface area contributed by atoms with Crippen molar-refractivity contribution in [1.82, 2.24) is 0 Å². The monoisotopic (exact) mass is 255 g/mol. The second-order valence-electron chi connectivity index (χ2n) is 4.68. The zero-order valence-electron chi connectivity index (χ0n) is 10.7. The van der Waals surface area contributed by atoms with Gasteiger partial charge in [-0.3, -0.25) is 4.79 Å². The Labute approximate surface area is 105 Å². The molecule has 0 saturated heterocycles. The first-order chi connectivity index (χ1) is 8.27. The molecule has 0 unspecified atom stereocenters. The molecule has 1 aromatic rings. The summed E-state index contributed by atoms with van der Waals surface area (Å²) in [6, 6.07) is 2.61. The zero-order valence-corrected chi connectivity index (χ0v) is 10.7. The molecule has 0 fully saturated rings. The number of halogens is 1. The van der Waals surface area contributed by atoms with Gasteiger partial charge in [-0.15, -0.1) is 0 Å². The average molecular weight is 255 g/mol. The van der Waals surface area contributed by atoms with Crippen molar-refractivity contribution in [1.29, 1.82) is 0 Å². The van der Waals surface area contributed by atoms with Crippen LogP contribution in [0.5, 0.6) is 5.75 Å². The number of carbonyl (C=O) groups is 1. The Kier molecular flexibility index (Phi) is 4.00. The first kappa shape index (κ1) is 14.1. The molecule has 0 bridgehead atoms. The molecule has 18 heavy (non-hydrogen) atoms. The summed E-state index contributed by atoms with van der Waals surface area (Å²) >= 11 is 0. The lowest BCUT2D eigenvalue weighted by atomic mass is 9.92. The minimum atomic E-state index is -0.728. The number of nitrogens with two attached hydrogens (primary N) is 2. The van der Waals surface area contributed by atoms with Crippen LogP contribution in [0, 0.1) is 11.2 Å². The number of hydrogen-bond donors (Lipinski definition) is 3. The molecule has 1 rings (SSSR count). The maximum Gasteiger partial charge on any atom is 0.224 e. The molecule has 5 N–H and O–H groups in total. The number of carbonyl (C=O) groups excluding carboxylic acids is 1. The van der Waals surface area contributed by atoms with Crippen LogP contribution in [-0.2, 0) is 4.79 Å². The van der Waals surface area contributed by atoms with Gasteiger partial charge in [0.2, 0.25) is 5.91 Å². The molecule has 0 aliphatic heterocycles. The highest BCUT2D eigenvalue weighted by Crippen LogP contribution is 2.29. The van der Waals surface area contributed by atoms with Crippen molar-refractivity contribution in [2.45, 2.75) is 13.8 Å². The molecule has 0 heterocycles. The topological polar surface area (TPSA) is 90.4 Å². The quantitative estimate of drug-likeness (QED) is 0.692. The van der Waals surface area contributed by atoms with Gasteiger partial charge in [-0.05, 0) is 13.8 Å². The van der Waals surface area contributed by atoms with Gasteiger partial charge in [-0.2, -0.15) is 0 Å². The van der Waals surface area contributed by atoms with E-state index in [0.29, 0.717) is 12.2 Å². The van der Waals surface area contributed by atoms with Crippen molar-refractivity contribution in [3.05, 3.63) is 17.9 Å². The third-order valence-electron chi connectivity index (χ3n) is 2.71. The van der Waals surface area contributed by atoms with E-state index in [-0.39, 0.29) is 11.4 Å². The van der Waals surface area contributed by atoms with Gasteiger partial charge >= 0.3 is 0 Å². The number of nitrogens with one attached hydrogen (secondary N) is 1. The van der Waals surface area contributed by atoms with Gasteiger partial charge in [0, 0.05) is 18.7 Å². The third-order valence-corrected chi connectivity index (χ3v) is 2.71. The van der Waals surface area contributed by atoms with Gasteiger partial charge in [0.05, 0.1) is 23.9 Å². The van der Waals surface area contributed by atoms with E-state index in [1.165, 1.54) is 19.2 Å². The van der Waals surface area contributed by atoms with Crippen LogP contribution in [-0.4, -0.2) is 19.6 Å². The van der Waals surface area contributed by atoms with Gasteiger partial charge in [0.1, 0.15) is 0 Å². The smallest absolute Gasteiger partial charge is 0.224 e. The summed E-state index contributed by atoms with van der Waals surface area (Å²) in [6.45, 7) is 3.71. The van der Waals surface area contributed by atoms with E-state index in [2.05, 4.69) is 5.32 Å². The van der Waals surface area contributed by atoms with Crippen molar-refractivity contribution in [2.24, 2.45) is 11.1 Å². The maximum atomic E-state index is 13.3. The van der Waals surface area contributed by atoms with Gasteiger partial charge < -0.3 is 21.5 Å². The molecule has 1 aromatic carbocycles. The molecule has 0 spiro atoms. The lowest BCUT2D eigenvalue weighted by molar-refractivity contribution is -0.125. The highest BCUT2D eigenvalue weighted by Gasteiger charge is 2.25. The fraction of sp³-hybridized carbons (Fsp3) is 0.417. The second kappa shape index (κ2) is 5.12. The summed E-state index contributed by atoms with van der Waals surface area (Å²) in [5.74, 6) is -0.874. The highest BCUT2D eigenvalue weighted by atomic mass is 19.1. The number of anilines is 2. The van der Waals surface area contributed by atoms with Gasteiger partial charge in [0.15, 0.2) is 11.6 Å². The van der Waals surface area contributed by atoms with Gasteiger partial charge in [-0.1, -0.05) is 0 Å². The lowest BCUT2D eigenvalue weighted by Crippen LogP contribution is -2.37. The Balaban J connectivity index is 2.89. The SMILES string of the molecule is COc1cc(NCC(C)(C)C(N)=O)c(N)cc1F. The second-order valence-corrected chi connectivity index (χ2v) is 4.68. The average Bonchev–Trinajstić information content (AvgIpc) is 2.27. The number of ether oxygens (including phenoxy) is 1. The van der Waals surface area contributed by atoms with E-state index in [1.54, 1.807) is 13.8 Å². The first-order valence-electron chi connectivity index (χ1n) is 5.44. The molecule has 5 nitrogen and oxygen atoms in total. The molecule has 0 aliphatic carbocycles. The summed E-state index contributed by atoms with van der Waals surface area (Å²) in [5.41, 5.74) is 11.0. The summed E-state index contributed by atoms with van der Waals surface area (Å²) in [5, 5.41) is 2.96. The van der Waals surface area contributed by atoms with Gasteiger partial charge in [0.25, 0.3) is 0 Å². The highest BCUT2D eigenvalue weighted by molar-refractivity contribution is 5.81. The Morgan fingerprint density at radius 2 is 2.11 bits per heavy atom. The van der Waals surface area contributed by atoms with E-state index in [9.17, 15) is 9.18 Å². The lowest BCUT2D eigenvalue weighted by Gasteiger charge is -2.22. The summed E-state index contributed by atoms with van der Waals surface area (Å²) in [7, 11) is 1.37. The predicted octanol–water partition coefficient (Wildman–Crippen LogP) is 1.34. The van der Waals surface area contributed by atoms with Crippen LogP contribution < -0.4 is 21.5 Å². The fourth-order valence-electron chi connectivity index (χ4n) is 1.28. The molecule has 0 aliphatic rings. The largest absolute Gasteiger partial charge is 0.494 e. The number of rotatable bonds is 5. The predicted molar refractivity (Wildman–Crippen MR) is 68.8 cm³/mol. The Hall–Kier alpha value is -1.98. The fourth-order valence-corrected chi connectivity index (χ4v) is 1.28. The van der Waals surface area contributed by atoms with Crippen LogP contribution in [0.1, 0.15) is 13.8 Å². The molecule has 0 radical (unpaired) electrons. The van der Waals surface area contributed by atoms with E-state index >= 15 is 0 Å². The van der Waals surface area contributed by atoms with Crippen molar-refractivity contribution in [3.63, 3.8) is 0 Å². The number of methoxy groups -OCH3 is 1.